The van der Waals surface area contributed by atoms with E-state index < -0.39 is 5.97 Å². The van der Waals surface area contributed by atoms with Crippen molar-refractivity contribution < 1.29 is 23.8 Å². The van der Waals surface area contributed by atoms with E-state index in [0.29, 0.717) is 17.1 Å². The van der Waals surface area contributed by atoms with Crippen LogP contribution in [0.15, 0.2) is 18.2 Å². The van der Waals surface area contributed by atoms with Crippen molar-refractivity contribution >= 4 is 11.9 Å². The highest BCUT2D eigenvalue weighted by Crippen LogP contribution is 2.28. The SMILES string of the molecule is COc1ccc(C(=O)OCC(=O)NC(C)(C)CC(C)(C)C)cc1OC. The second-order valence-electron chi connectivity index (χ2n) is 7.82. The average Bonchev–Trinajstić information content (AvgIpc) is 2.48. The molecule has 0 aromatic heterocycles. The van der Waals surface area contributed by atoms with E-state index in [1.807, 2.05) is 13.8 Å². The number of benzene rings is 1. The van der Waals surface area contributed by atoms with Gasteiger partial charge < -0.3 is 19.5 Å². The van der Waals surface area contributed by atoms with Gasteiger partial charge in [0.05, 0.1) is 19.8 Å². The molecule has 25 heavy (non-hydrogen) atoms. The summed E-state index contributed by atoms with van der Waals surface area (Å²) in [6, 6.07) is 4.69. The third-order valence-electron chi connectivity index (χ3n) is 3.40. The third-order valence-corrected chi connectivity index (χ3v) is 3.40. The third kappa shape index (κ3) is 7.03. The van der Waals surface area contributed by atoms with Crippen molar-refractivity contribution in [3.63, 3.8) is 0 Å². The predicted octanol–water partition coefficient (Wildman–Crippen LogP) is 3.19. The molecule has 1 aromatic carbocycles. The molecule has 0 aliphatic heterocycles. The van der Waals surface area contributed by atoms with Gasteiger partial charge in [0.2, 0.25) is 0 Å². The molecule has 0 saturated carbocycles. The Bertz CT molecular complexity index is 617. The average molecular weight is 351 g/mol. The van der Waals surface area contributed by atoms with Crippen molar-refractivity contribution in [2.75, 3.05) is 20.8 Å². The second-order valence-corrected chi connectivity index (χ2v) is 7.82. The van der Waals surface area contributed by atoms with Crippen LogP contribution in [0.1, 0.15) is 51.4 Å². The molecule has 1 rings (SSSR count). The van der Waals surface area contributed by atoms with Gasteiger partial charge in [-0.1, -0.05) is 20.8 Å². The molecule has 0 heterocycles. The van der Waals surface area contributed by atoms with Crippen molar-refractivity contribution in [2.45, 2.75) is 46.6 Å². The molecule has 0 radical (unpaired) electrons. The summed E-state index contributed by atoms with van der Waals surface area (Å²) in [5.41, 5.74) is -0.0162. The first-order valence-electron chi connectivity index (χ1n) is 8.17. The molecule has 140 valence electrons. The molecule has 6 nitrogen and oxygen atoms in total. The van der Waals surface area contributed by atoms with E-state index in [9.17, 15) is 9.59 Å². The zero-order valence-electron chi connectivity index (χ0n) is 16.2. The van der Waals surface area contributed by atoms with Gasteiger partial charge in [0, 0.05) is 5.54 Å². The Morgan fingerprint density at radius 1 is 1.00 bits per heavy atom. The highest BCUT2D eigenvalue weighted by molar-refractivity contribution is 5.92. The van der Waals surface area contributed by atoms with Crippen LogP contribution in [0.3, 0.4) is 0 Å². The van der Waals surface area contributed by atoms with Crippen LogP contribution in [0.4, 0.5) is 0 Å². The Hall–Kier alpha value is -2.24. The molecule has 0 fully saturated rings. The van der Waals surface area contributed by atoms with Gasteiger partial charge in [0.1, 0.15) is 0 Å². The molecular formula is C19H29NO5. The quantitative estimate of drug-likeness (QED) is 0.764. The van der Waals surface area contributed by atoms with E-state index in [0.717, 1.165) is 6.42 Å². The minimum Gasteiger partial charge on any atom is -0.493 e. The fourth-order valence-corrected chi connectivity index (χ4v) is 2.96. The van der Waals surface area contributed by atoms with E-state index in [1.165, 1.54) is 20.3 Å². The van der Waals surface area contributed by atoms with Crippen LogP contribution in [0, 0.1) is 5.41 Å². The summed E-state index contributed by atoms with van der Waals surface area (Å²) in [4.78, 5) is 24.2. The number of ether oxygens (including phenoxy) is 3. The molecule has 6 heteroatoms. The lowest BCUT2D eigenvalue weighted by Gasteiger charge is -2.33. The molecule has 1 aromatic rings. The van der Waals surface area contributed by atoms with Crippen molar-refractivity contribution in [2.24, 2.45) is 5.41 Å². The van der Waals surface area contributed by atoms with Gasteiger partial charge in [0.25, 0.3) is 5.91 Å². The maximum atomic E-state index is 12.1. The van der Waals surface area contributed by atoms with Gasteiger partial charge in [0.15, 0.2) is 18.1 Å². The molecule has 0 saturated heterocycles. The van der Waals surface area contributed by atoms with Crippen LogP contribution in [-0.4, -0.2) is 38.2 Å². The normalized spacial score (nSPS) is 11.6. The van der Waals surface area contributed by atoms with Crippen molar-refractivity contribution in [1.82, 2.24) is 5.32 Å². The van der Waals surface area contributed by atoms with Crippen molar-refractivity contribution in [1.29, 1.82) is 0 Å². The van der Waals surface area contributed by atoms with Crippen LogP contribution < -0.4 is 14.8 Å². The molecule has 0 spiro atoms. The Morgan fingerprint density at radius 2 is 1.60 bits per heavy atom. The topological polar surface area (TPSA) is 73.9 Å². The standard InChI is InChI=1S/C19H29NO5/c1-18(2,3)12-19(4,5)20-16(21)11-25-17(22)13-8-9-14(23-6)15(10-13)24-7/h8-10H,11-12H2,1-7H3,(H,20,21). The van der Waals surface area contributed by atoms with Crippen LogP contribution in [0.2, 0.25) is 0 Å². The number of hydrogen-bond donors (Lipinski definition) is 1. The summed E-state index contributed by atoms with van der Waals surface area (Å²) in [5.74, 6) is 0.0150. The summed E-state index contributed by atoms with van der Waals surface area (Å²) >= 11 is 0. The zero-order valence-corrected chi connectivity index (χ0v) is 16.2. The Labute approximate surface area is 149 Å². The number of carbonyl (C=O) groups is 2. The maximum Gasteiger partial charge on any atom is 0.338 e. The molecule has 0 aliphatic carbocycles. The predicted molar refractivity (Wildman–Crippen MR) is 96.1 cm³/mol. The lowest BCUT2D eigenvalue weighted by Crippen LogP contribution is -2.47. The minimum atomic E-state index is -0.593. The molecule has 0 bridgehead atoms. The van der Waals surface area contributed by atoms with Gasteiger partial charge in [-0.3, -0.25) is 4.79 Å². The lowest BCUT2D eigenvalue weighted by molar-refractivity contribution is -0.126. The van der Waals surface area contributed by atoms with E-state index in [2.05, 4.69) is 26.1 Å². The fraction of sp³-hybridized carbons (Fsp3) is 0.579. The van der Waals surface area contributed by atoms with Gasteiger partial charge in [-0.25, -0.2) is 4.79 Å². The van der Waals surface area contributed by atoms with Crippen LogP contribution in [0.25, 0.3) is 0 Å². The number of methoxy groups -OCH3 is 2. The van der Waals surface area contributed by atoms with Gasteiger partial charge in [-0.15, -0.1) is 0 Å². The number of esters is 1. The summed E-state index contributed by atoms with van der Waals surface area (Å²) < 4.78 is 15.4. The van der Waals surface area contributed by atoms with Crippen molar-refractivity contribution in [3.05, 3.63) is 23.8 Å². The molecule has 0 unspecified atom stereocenters. The van der Waals surface area contributed by atoms with Gasteiger partial charge in [-0.05, 0) is 43.9 Å². The molecule has 1 N–H and O–H groups in total. The van der Waals surface area contributed by atoms with Crippen LogP contribution in [0.5, 0.6) is 11.5 Å². The second kappa shape index (κ2) is 8.23. The minimum absolute atomic E-state index is 0.0765. The summed E-state index contributed by atoms with van der Waals surface area (Å²) in [5, 5.41) is 2.90. The summed E-state index contributed by atoms with van der Waals surface area (Å²) in [6.45, 7) is 9.90. The zero-order chi connectivity index (χ0) is 19.3. The van der Waals surface area contributed by atoms with E-state index in [4.69, 9.17) is 14.2 Å². The molecule has 1 amide bonds. The van der Waals surface area contributed by atoms with E-state index in [-0.39, 0.29) is 23.5 Å². The van der Waals surface area contributed by atoms with Gasteiger partial charge >= 0.3 is 5.97 Å². The van der Waals surface area contributed by atoms with Crippen LogP contribution >= 0.6 is 0 Å². The molecular weight excluding hydrogens is 322 g/mol. The Kier molecular flexibility index (Phi) is 6.85. The van der Waals surface area contributed by atoms with Gasteiger partial charge in [-0.2, -0.15) is 0 Å². The number of carbonyl (C=O) groups excluding carboxylic acids is 2. The Morgan fingerprint density at radius 3 is 2.12 bits per heavy atom. The largest absolute Gasteiger partial charge is 0.493 e. The summed E-state index contributed by atoms with van der Waals surface area (Å²) in [6.07, 6.45) is 0.801. The maximum absolute atomic E-state index is 12.1. The lowest BCUT2D eigenvalue weighted by atomic mass is 9.82. The number of rotatable bonds is 7. The number of hydrogen-bond acceptors (Lipinski definition) is 5. The first kappa shape index (κ1) is 20.8. The highest BCUT2D eigenvalue weighted by Gasteiger charge is 2.27. The number of amides is 1. The summed E-state index contributed by atoms with van der Waals surface area (Å²) in [7, 11) is 3.00. The first-order valence-corrected chi connectivity index (χ1v) is 8.17. The van der Waals surface area contributed by atoms with Crippen molar-refractivity contribution in [3.8, 4) is 11.5 Å². The Balaban J connectivity index is 2.63. The fourth-order valence-electron chi connectivity index (χ4n) is 2.96. The smallest absolute Gasteiger partial charge is 0.338 e. The molecule has 0 aliphatic rings. The number of nitrogens with one attached hydrogen (secondary N) is 1. The van der Waals surface area contributed by atoms with E-state index >= 15 is 0 Å². The van der Waals surface area contributed by atoms with E-state index in [1.54, 1.807) is 12.1 Å². The monoisotopic (exact) mass is 351 g/mol. The first-order chi connectivity index (χ1) is 11.5. The highest BCUT2D eigenvalue weighted by atomic mass is 16.5. The molecule has 0 atom stereocenters. The van der Waals surface area contributed by atoms with Crippen LogP contribution in [-0.2, 0) is 9.53 Å².